The number of hydrogen-bond donors (Lipinski definition) is 1. The van der Waals surface area contributed by atoms with Crippen molar-refractivity contribution in [2.45, 2.75) is 63.8 Å². The molecule has 2 nitrogen and oxygen atoms in total. The average molecular weight is 249 g/mol. The predicted molar refractivity (Wildman–Crippen MR) is 72.5 cm³/mol. The summed E-state index contributed by atoms with van der Waals surface area (Å²) in [7, 11) is 0. The number of rotatable bonds is 3. The zero-order valence-electron chi connectivity index (χ0n) is 11.5. The molecule has 4 fully saturated rings. The fourth-order valence-electron chi connectivity index (χ4n) is 4.54. The molecule has 3 saturated carbocycles. The average Bonchev–Trinajstić information content (AvgIpc) is 3.32. The summed E-state index contributed by atoms with van der Waals surface area (Å²) >= 11 is 0. The first-order chi connectivity index (χ1) is 8.80. The van der Waals surface area contributed by atoms with Gasteiger partial charge < -0.3 is 10.1 Å². The normalized spacial score (nSPS) is 37.0. The Bertz CT molecular complexity index is 307. The van der Waals surface area contributed by atoms with E-state index in [2.05, 4.69) is 5.32 Å². The van der Waals surface area contributed by atoms with E-state index in [-0.39, 0.29) is 0 Å². The first kappa shape index (κ1) is 11.7. The van der Waals surface area contributed by atoms with Crippen LogP contribution in [0.2, 0.25) is 0 Å². The Morgan fingerprint density at radius 1 is 0.944 bits per heavy atom. The van der Waals surface area contributed by atoms with E-state index in [9.17, 15) is 0 Å². The minimum absolute atomic E-state index is 0.674. The van der Waals surface area contributed by atoms with Gasteiger partial charge in [0, 0.05) is 19.3 Å². The van der Waals surface area contributed by atoms with E-state index >= 15 is 0 Å². The molecular weight excluding hydrogens is 222 g/mol. The van der Waals surface area contributed by atoms with Crippen LogP contribution < -0.4 is 5.32 Å². The monoisotopic (exact) mass is 249 g/mol. The Labute approximate surface area is 111 Å². The Morgan fingerprint density at radius 3 is 2.28 bits per heavy atom. The van der Waals surface area contributed by atoms with Gasteiger partial charge in [-0.1, -0.05) is 0 Å². The van der Waals surface area contributed by atoms with Crippen LogP contribution in [0.15, 0.2) is 0 Å². The molecule has 2 spiro atoms. The molecule has 1 aliphatic heterocycles. The maximum absolute atomic E-state index is 5.53. The van der Waals surface area contributed by atoms with Crippen LogP contribution in [0, 0.1) is 16.7 Å². The van der Waals surface area contributed by atoms with Crippen LogP contribution in [0.3, 0.4) is 0 Å². The van der Waals surface area contributed by atoms with Gasteiger partial charge in [-0.15, -0.1) is 0 Å². The molecule has 1 heterocycles. The SMILES string of the molecule is C1CC2(CCO1)CCC(NCC1CC13CC3)CC2. The van der Waals surface area contributed by atoms with E-state index in [4.69, 9.17) is 4.74 Å². The summed E-state index contributed by atoms with van der Waals surface area (Å²) in [5, 5.41) is 3.87. The first-order valence-corrected chi connectivity index (χ1v) is 8.12. The van der Waals surface area contributed by atoms with Gasteiger partial charge >= 0.3 is 0 Å². The van der Waals surface area contributed by atoms with Crippen molar-refractivity contribution in [1.29, 1.82) is 0 Å². The highest BCUT2D eigenvalue weighted by Gasteiger charge is 2.62. The van der Waals surface area contributed by atoms with E-state index < -0.39 is 0 Å². The van der Waals surface area contributed by atoms with Gasteiger partial charge in [-0.3, -0.25) is 0 Å². The van der Waals surface area contributed by atoms with Crippen LogP contribution >= 0.6 is 0 Å². The van der Waals surface area contributed by atoms with Crippen LogP contribution in [0.1, 0.15) is 57.8 Å². The van der Waals surface area contributed by atoms with Crippen molar-refractivity contribution in [2.24, 2.45) is 16.7 Å². The van der Waals surface area contributed by atoms with Gasteiger partial charge in [0.2, 0.25) is 0 Å². The Kier molecular flexibility index (Phi) is 2.74. The maximum Gasteiger partial charge on any atom is 0.0471 e. The van der Waals surface area contributed by atoms with E-state index in [1.165, 1.54) is 64.3 Å². The van der Waals surface area contributed by atoms with E-state index in [1.807, 2.05) is 0 Å². The molecule has 1 unspecified atom stereocenters. The summed E-state index contributed by atoms with van der Waals surface area (Å²) in [4.78, 5) is 0. The molecule has 0 bridgehead atoms. The second-order valence-electron chi connectivity index (χ2n) is 7.56. The van der Waals surface area contributed by atoms with Gasteiger partial charge in [0.25, 0.3) is 0 Å². The highest BCUT2D eigenvalue weighted by Crippen LogP contribution is 2.70. The highest BCUT2D eigenvalue weighted by atomic mass is 16.5. The lowest BCUT2D eigenvalue weighted by Crippen LogP contribution is -2.41. The standard InChI is InChI=1S/C16H27NO/c1-3-15(7-9-18-10-8-15)4-2-14(1)17-12-13-11-16(13)5-6-16/h13-14,17H,1-12H2. The summed E-state index contributed by atoms with van der Waals surface area (Å²) in [6, 6.07) is 0.829. The summed E-state index contributed by atoms with van der Waals surface area (Å²) in [5.41, 5.74) is 1.55. The van der Waals surface area contributed by atoms with Gasteiger partial charge in [0.05, 0.1) is 0 Å². The van der Waals surface area contributed by atoms with Crippen LogP contribution in [0.4, 0.5) is 0 Å². The van der Waals surface area contributed by atoms with Crippen molar-refractivity contribution in [3.05, 3.63) is 0 Å². The lowest BCUT2D eigenvalue weighted by molar-refractivity contribution is -0.00926. The third kappa shape index (κ3) is 2.12. The third-order valence-corrected chi connectivity index (χ3v) is 6.50. The van der Waals surface area contributed by atoms with Gasteiger partial charge in [-0.25, -0.2) is 0 Å². The van der Waals surface area contributed by atoms with Gasteiger partial charge in [0.15, 0.2) is 0 Å². The smallest absolute Gasteiger partial charge is 0.0471 e. The molecule has 2 heteroatoms. The van der Waals surface area contributed by atoms with Crippen molar-refractivity contribution in [1.82, 2.24) is 5.32 Å². The Hall–Kier alpha value is -0.0800. The largest absolute Gasteiger partial charge is 0.381 e. The van der Waals surface area contributed by atoms with Crippen molar-refractivity contribution in [3.8, 4) is 0 Å². The lowest BCUT2D eigenvalue weighted by Gasteiger charge is -2.43. The summed E-state index contributed by atoms with van der Waals surface area (Å²) < 4.78 is 5.53. The third-order valence-electron chi connectivity index (χ3n) is 6.50. The maximum atomic E-state index is 5.53. The van der Waals surface area contributed by atoms with Crippen LogP contribution in [0.5, 0.6) is 0 Å². The number of nitrogens with one attached hydrogen (secondary N) is 1. The van der Waals surface area contributed by atoms with E-state index in [1.54, 1.807) is 0 Å². The van der Waals surface area contributed by atoms with Crippen molar-refractivity contribution >= 4 is 0 Å². The minimum Gasteiger partial charge on any atom is -0.381 e. The zero-order chi connectivity index (χ0) is 12.1. The minimum atomic E-state index is 0.674. The van der Waals surface area contributed by atoms with Gasteiger partial charge in [-0.2, -0.15) is 0 Å². The van der Waals surface area contributed by atoms with E-state index in [0.29, 0.717) is 5.41 Å². The van der Waals surface area contributed by atoms with Gasteiger partial charge in [0.1, 0.15) is 0 Å². The molecule has 3 aliphatic carbocycles. The van der Waals surface area contributed by atoms with Crippen LogP contribution in [-0.4, -0.2) is 25.8 Å². The highest BCUT2D eigenvalue weighted by molar-refractivity contribution is 5.13. The molecule has 4 rings (SSSR count). The molecule has 4 aliphatic rings. The Balaban J connectivity index is 1.22. The second-order valence-corrected chi connectivity index (χ2v) is 7.56. The molecule has 0 radical (unpaired) electrons. The van der Waals surface area contributed by atoms with Crippen molar-refractivity contribution in [2.75, 3.05) is 19.8 Å². The number of ether oxygens (including phenoxy) is 1. The molecule has 0 aromatic heterocycles. The zero-order valence-corrected chi connectivity index (χ0v) is 11.5. The fraction of sp³-hybridized carbons (Fsp3) is 1.00. The molecule has 0 aromatic rings. The van der Waals surface area contributed by atoms with Gasteiger partial charge in [-0.05, 0) is 81.1 Å². The van der Waals surface area contributed by atoms with Crippen LogP contribution in [-0.2, 0) is 4.74 Å². The Morgan fingerprint density at radius 2 is 1.67 bits per heavy atom. The summed E-state index contributed by atoms with van der Waals surface area (Å²) in [6.07, 6.45) is 13.0. The summed E-state index contributed by atoms with van der Waals surface area (Å²) in [6.45, 7) is 3.35. The second kappa shape index (κ2) is 4.21. The molecule has 1 saturated heterocycles. The predicted octanol–water partition coefficient (Wildman–Crippen LogP) is 3.12. The number of hydrogen-bond acceptors (Lipinski definition) is 2. The molecule has 0 aromatic carbocycles. The first-order valence-electron chi connectivity index (χ1n) is 8.12. The molecule has 18 heavy (non-hydrogen) atoms. The fourth-order valence-corrected chi connectivity index (χ4v) is 4.54. The molecule has 1 N–H and O–H groups in total. The lowest BCUT2D eigenvalue weighted by atomic mass is 9.68. The van der Waals surface area contributed by atoms with Crippen molar-refractivity contribution < 1.29 is 4.74 Å². The quantitative estimate of drug-likeness (QED) is 0.830. The molecule has 102 valence electrons. The van der Waals surface area contributed by atoms with Crippen LogP contribution in [0.25, 0.3) is 0 Å². The van der Waals surface area contributed by atoms with E-state index in [0.717, 1.165) is 30.6 Å². The topological polar surface area (TPSA) is 21.3 Å². The molecule has 1 atom stereocenters. The molecule has 0 amide bonds. The van der Waals surface area contributed by atoms with Crippen molar-refractivity contribution in [3.63, 3.8) is 0 Å². The summed E-state index contributed by atoms with van der Waals surface area (Å²) in [5.74, 6) is 1.05. The molecular formula is C16H27NO.